The van der Waals surface area contributed by atoms with Crippen molar-refractivity contribution in [1.82, 2.24) is 4.98 Å². The fourth-order valence-electron chi connectivity index (χ4n) is 2.63. The molecule has 0 aliphatic carbocycles. The van der Waals surface area contributed by atoms with Crippen molar-refractivity contribution < 1.29 is 19.1 Å². The Hall–Kier alpha value is -2.71. The molecular formula is C21H19BrN2O4S. The van der Waals surface area contributed by atoms with E-state index in [1.807, 2.05) is 31.2 Å². The SMILES string of the molecule is COc1cc(C(C)=O)ccc1OCC(=O)Nc1nc(-c2ccc(Br)cc2)c(C)s1. The summed E-state index contributed by atoms with van der Waals surface area (Å²) in [6, 6.07) is 12.7. The standard InChI is InChI=1S/C21H19BrN2O4S/c1-12(25)15-6-9-17(18(10-15)27-3)28-11-19(26)23-21-24-20(13(2)29-21)14-4-7-16(22)8-5-14/h4-10H,11H2,1-3H3,(H,23,24,26). The maximum Gasteiger partial charge on any atom is 0.264 e. The third-order valence-electron chi connectivity index (χ3n) is 4.09. The lowest BCUT2D eigenvalue weighted by molar-refractivity contribution is -0.118. The van der Waals surface area contributed by atoms with Gasteiger partial charge in [0.25, 0.3) is 5.91 Å². The van der Waals surface area contributed by atoms with Gasteiger partial charge < -0.3 is 9.47 Å². The average molecular weight is 475 g/mol. The largest absolute Gasteiger partial charge is 0.493 e. The Morgan fingerprint density at radius 3 is 2.52 bits per heavy atom. The minimum atomic E-state index is -0.334. The monoisotopic (exact) mass is 474 g/mol. The molecule has 1 amide bonds. The number of aromatic nitrogens is 1. The van der Waals surface area contributed by atoms with E-state index in [1.54, 1.807) is 18.2 Å². The number of rotatable bonds is 7. The maximum absolute atomic E-state index is 12.3. The topological polar surface area (TPSA) is 77.5 Å². The molecule has 8 heteroatoms. The summed E-state index contributed by atoms with van der Waals surface area (Å²) in [5, 5.41) is 3.27. The van der Waals surface area contributed by atoms with Crippen LogP contribution in [0.1, 0.15) is 22.2 Å². The molecule has 0 saturated carbocycles. The molecule has 0 fully saturated rings. The van der Waals surface area contributed by atoms with Crippen molar-refractivity contribution in [1.29, 1.82) is 0 Å². The Morgan fingerprint density at radius 2 is 1.86 bits per heavy atom. The van der Waals surface area contributed by atoms with Crippen molar-refractivity contribution in [3.05, 3.63) is 57.4 Å². The highest BCUT2D eigenvalue weighted by Crippen LogP contribution is 2.31. The number of nitrogens with zero attached hydrogens (tertiary/aromatic N) is 1. The third-order valence-corrected chi connectivity index (χ3v) is 5.50. The van der Waals surface area contributed by atoms with Crippen LogP contribution in [0.4, 0.5) is 5.13 Å². The number of nitrogens with one attached hydrogen (secondary N) is 1. The molecule has 1 aromatic heterocycles. The molecule has 3 rings (SSSR count). The predicted octanol–water partition coefficient (Wildman–Crippen LogP) is 5.11. The minimum Gasteiger partial charge on any atom is -0.493 e. The molecule has 29 heavy (non-hydrogen) atoms. The number of aryl methyl sites for hydroxylation is 1. The zero-order valence-electron chi connectivity index (χ0n) is 16.1. The van der Waals surface area contributed by atoms with Crippen molar-refractivity contribution in [2.24, 2.45) is 0 Å². The summed E-state index contributed by atoms with van der Waals surface area (Å²) >= 11 is 4.82. The molecule has 1 heterocycles. The van der Waals surface area contributed by atoms with E-state index >= 15 is 0 Å². The van der Waals surface area contributed by atoms with Gasteiger partial charge in [-0.1, -0.05) is 28.1 Å². The highest BCUT2D eigenvalue weighted by Gasteiger charge is 2.14. The first-order chi connectivity index (χ1) is 13.9. The summed E-state index contributed by atoms with van der Waals surface area (Å²) in [6.07, 6.45) is 0. The quantitative estimate of drug-likeness (QED) is 0.481. The number of ether oxygens (including phenoxy) is 2. The molecule has 2 aromatic carbocycles. The summed E-state index contributed by atoms with van der Waals surface area (Å²) in [7, 11) is 1.48. The minimum absolute atomic E-state index is 0.0756. The molecule has 1 N–H and O–H groups in total. The first kappa shape index (κ1) is 21.0. The molecule has 0 spiro atoms. The van der Waals surface area contributed by atoms with Gasteiger partial charge in [-0.3, -0.25) is 14.9 Å². The lowest BCUT2D eigenvalue weighted by atomic mass is 10.1. The number of benzene rings is 2. The number of methoxy groups -OCH3 is 1. The number of carbonyl (C=O) groups excluding carboxylic acids is 2. The van der Waals surface area contributed by atoms with E-state index in [9.17, 15) is 9.59 Å². The van der Waals surface area contributed by atoms with E-state index in [-0.39, 0.29) is 18.3 Å². The van der Waals surface area contributed by atoms with Crippen molar-refractivity contribution in [2.75, 3.05) is 19.0 Å². The Bertz CT molecular complexity index is 1050. The highest BCUT2D eigenvalue weighted by atomic mass is 79.9. The summed E-state index contributed by atoms with van der Waals surface area (Å²) in [4.78, 5) is 29.3. The molecule has 6 nitrogen and oxygen atoms in total. The second-order valence-corrected chi connectivity index (χ2v) is 8.31. The molecule has 0 saturated heterocycles. The number of amides is 1. The number of thiazole rings is 1. The van der Waals surface area contributed by atoms with Gasteiger partial charge in [0.15, 0.2) is 29.0 Å². The maximum atomic E-state index is 12.3. The summed E-state index contributed by atoms with van der Waals surface area (Å²) < 4.78 is 11.8. The van der Waals surface area contributed by atoms with E-state index in [0.717, 1.165) is 20.6 Å². The average Bonchev–Trinajstić information content (AvgIpc) is 3.06. The Balaban J connectivity index is 1.65. The van der Waals surface area contributed by atoms with Crippen LogP contribution in [-0.4, -0.2) is 30.4 Å². The van der Waals surface area contributed by atoms with Crippen molar-refractivity contribution in [3.8, 4) is 22.8 Å². The lowest BCUT2D eigenvalue weighted by Crippen LogP contribution is -2.20. The van der Waals surface area contributed by atoms with Gasteiger partial charge in [0.1, 0.15) is 0 Å². The third kappa shape index (κ3) is 5.21. The van der Waals surface area contributed by atoms with Crippen LogP contribution in [0.15, 0.2) is 46.9 Å². The number of halogens is 1. The molecule has 0 aliphatic heterocycles. The van der Waals surface area contributed by atoms with Crippen LogP contribution >= 0.6 is 27.3 Å². The van der Waals surface area contributed by atoms with E-state index in [4.69, 9.17) is 9.47 Å². The molecule has 0 bridgehead atoms. The number of carbonyl (C=O) groups is 2. The molecule has 0 aliphatic rings. The van der Waals surface area contributed by atoms with Gasteiger partial charge in [0.05, 0.1) is 12.8 Å². The number of hydrogen-bond donors (Lipinski definition) is 1. The molecule has 3 aromatic rings. The van der Waals surface area contributed by atoms with E-state index < -0.39 is 0 Å². The van der Waals surface area contributed by atoms with Crippen LogP contribution in [0.3, 0.4) is 0 Å². The van der Waals surface area contributed by atoms with E-state index in [0.29, 0.717) is 22.2 Å². The van der Waals surface area contributed by atoms with Crippen molar-refractivity contribution in [2.45, 2.75) is 13.8 Å². The molecular weight excluding hydrogens is 456 g/mol. The smallest absolute Gasteiger partial charge is 0.264 e. The van der Waals surface area contributed by atoms with Crippen LogP contribution in [0.25, 0.3) is 11.3 Å². The molecule has 0 atom stereocenters. The van der Waals surface area contributed by atoms with Crippen LogP contribution < -0.4 is 14.8 Å². The van der Waals surface area contributed by atoms with Gasteiger partial charge in [-0.05, 0) is 44.2 Å². The Labute approximate surface area is 181 Å². The summed E-state index contributed by atoms with van der Waals surface area (Å²) in [5.41, 5.74) is 2.33. The van der Waals surface area contributed by atoms with Crippen molar-refractivity contribution in [3.63, 3.8) is 0 Å². The second-order valence-electron chi connectivity index (χ2n) is 6.19. The lowest BCUT2D eigenvalue weighted by Gasteiger charge is -2.11. The fraction of sp³-hybridized carbons (Fsp3) is 0.190. The summed E-state index contributed by atoms with van der Waals surface area (Å²) in [6.45, 7) is 3.23. The van der Waals surface area contributed by atoms with Crippen LogP contribution in [0.5, 0.6) is 11.5 Å². The number of anilines is 1. The molecule has 0 unspecified atom stereocenters. The Morgan fingerprint density at radius 1 is 1.14 bits per heavy atom. The highest BCUT2D eigenvalue weighted by molar-refractivity contribution is 9.10. The second kappa shape index (κ2) is 9.19. The van der Waals surface area contributed by atoms with Gasteiger partial charge in [-0.2, -0.15) is 0 Å². The first-order valence-corrected chi connectivity index (χ1v) is 10.3. The van der Waals surface area contributed by atoms with E-state index in [2.05, 4.69) is 26.2 Å². The zero-order chi connectivity index (χ0) is 21.0. The summed E-state index contributed by atoms with van der Waals surface area (Å²) in [5.74, 6) is 0.374. The zero-order valence-corrected chi connectivity index (χ0v) is 18.5. The molecule has 0 radical (unpaired) electrons. The number of hydrogen-bond acceptors (Lipinski definition) is 6. The van der Waals surface area contributed by atoms with Crippen LogP contribution in [0, 0.1) is 6.92 Å². The van der Waals surface area contributed by atoms with Gasteiger partial charge >= 0.3 is 0 Å². The van der Waals surface area contributed by atoms with Gasteiger partial charge in [-0.25, -0.2) is 4.98 Å². The predicted molar refractivity (Wildman–Crippen MR) is 117 cm³/mol. The number of ketones is 1. The van der Waals surface area contributed by atoms with Crippen molar-refractivity contribution >= 4 is 44.1 Å². The first-order valence-electron chi connectivity index (χ1n) is 8.72. The van der Waals surface area contributed by atoms with Crippen LogP contribution in [-0.2, 0) is 4.79 Å². The van der Waals surface area contributed by atoms with Gasteiger partial charge in [0.2, 0.25) is 0 Å². The van der Waals surface area contributed by atoms with Gasteiger partial charge in [-0.15, -0.1) is 11.3 Å². The van der Waals surface area contributed by atoms with E-state index in [1.165, 1.54) is 25.4 Å². The Kier molecular flexibility index (Phi) is 6.66. The fourth-order valence-corrected chi connectivity index (χ4v) is 3.75. The molecule has 150 valence electrons. The number of Topliss-reactive ketones (excluding diaryl/α,β-unsaturated/α-hetero) is 1. The normalized spacial score (nSPS) is 10.5. The van der Waals surface area contributed by atoms with Gasteiger partial charge in [0, 0.05) is 20.5 Å². The van der Waals surface area contributed by atoms with Crippen LogP contribution in [0.2, 0.25) is 0 Å².